The number of pyridine rings is 1. The van der Waals surface area contributed by atoms with E-state index in [0.29, 0.717) is 0 Å². The van der Waals surface area contributed by atoms with Crippen LogP contribution in [-0.4, -0.2) is 55.0 Å². The van der Waals surface area contributed by atoms with Crippen molar-refractivity contribution in [1.29, 1.82) is 0 Å². The van der Waals surface area contributed by atoms with Gasteiger partial charge in [-0.1, -0.05) is 6.07 Å². The third-order valence-electron chi connectivity index (χ3n) is 3.69. The van der Waals surface area contributed by atoms with Crippen molar-refractivity contribution in [3.63, 3.8) is 0 Å². The van der Waals surface area contributed by atoms with Gasteiger partial charge in [-0.2, -0.15) is 0 Å². The van der Waals surface area contributed by atoms with Gasteiger partial charge in [0.25, 0.3) is 0 Å². The number of nitrogens with one attached hydrogen (secondary N) is 1. The number of piperazine rings is 1. The lowest BCUT2D eigenvalue weighted by atomic mass is 10.1. The molecule has 1 N–H and O–H groups in total. The lowest BCUT2D eigenvalue weighted by Gasteiger charge is -2.37. The summed E-state index contributed by atoms with van der Waals surface area (Å²) in [6, 6.07) is 6.04. The summed E-state index contributed by atoms with van der Waals surface area (Å²) in [6.45, 7) is 2.47. The van der Waals surface area contributed by atoms with Gasteiger partial charge in [-0.15, -0.1) is 37.2 Å². The van der Waals surface area contributed by atoms with Gasteiger partial charge in [0, 0.05) is 37.9 Å². The zero-order valence-corrected chi connectivity index (χ0v) is 14.6. The number of rotatable bonds is 2. The van der Waals surface area contributed by atoms with Crippen LogP contribution in [0, 0.1) is 0 Å². The Balaban J connectivity index is 0.00000133. The second-order valence-electron chi connectivity index (χ2n) is 5.00. The van der Waals surface area contributed by atoms with Crippen molar-refractivity contribution < 1.29 is 8.42 Å². The summed E-state index contributed by atoms with van der Waals surface area (Å²) in [5.41, 5.74) is 1.00. The van der Waals surface area contributed by atoms with Crippen LogP contribution in [-0.2, 0) is 16.4 Å². The van der Waals surface area contributed by atoms with Crippen molar-refractivity contribution in [2.24, 2.45) is 0 Å². The molecule has 0 spiro atoms. The van der Waals surface area contributed by atoms with Gasteiger partial charge in [0.05, 0.1) is 17.2 Å². The SMILES string of the molecule is Cl.Cl.Cl.O=S1(=O)C[C@@H]2NCCN(Cc3ccccn3)[C@@H]2C1. The summed E-state index contributed by atoms with van der Waals surface area (Å²) >= 11 is 0. The highest BCUT2D eigenvalue weighted by atomic mass is 35.5. The van der Waals surface area contributed by atoms with Gasteiger partial charge in [0.15, 0.2) is 9.84 Å². The van der Waals surface area contributed by atoms with Crippen molar-refractivity contribution in [2.75, 3.05) is 24.6 Å². The van der Waals surface area contributed by atoms with Gasteiger partial charge in [0.2, 0.25) is 0 Å². The summed E-state index contributed by atoms with van der Waals surface area (Å²) in [6.07, 6.45) is 1.78. The Morgan fingerprint density at radius 3 is 2.67 bits per heavy atom. The van der Waals surface area contributed by atoms with Crippen LogP contribution in [0.15, 0.2) is 24.4 Å². The fraction of sp³-hybridized carbons (Fsp3) is 0.583. The number of halogens is 3. The minimum Gasteiger partial charge on any atom is -0.310 e. The molecule has 0 amide bonds. The molecule has 3 rings (SSSR count). The van der Waals surface area contributed by atoms with Crippen molar-refractivity contribution in [2.45, 2.75) is 18.6 Å². The summed E-state index contributed by atoms with van der Waals surface area (Å²) in [4.78, 5) is 6.56. The Kier molecular flexibility index (Phi) is 8.46. The summed E-state index contributed by atoms with van der Waals surface area (Å²) < 4.78 is 23.4. The van der Waals surface area contributed by atoms with E-state index in [4.69, 9.17) is 0 Å². The number of hydrogen-bond acceptors (Lipinski definition) is 5. The number of sulfone groups is 1. The quantitative estimate of drug-likeness (QED) is 0.831. The first-order valence-corrected chi connectivity index (χ1v) is 8.04. The fourth-order valence-corrected chi connectivity index (χ4v) is 4.83. The molecule has 2 saturated heterocycles. The van der Waals surface area contributed by atoms with E-state index in [1.165, 1.54) is 0 Å². The number of fused-ring (bicyclic) bond motifs is 1. The zero-order chi connectivity index (χ0) is 12.6. The first-order chi connectivity index (χ1) is 8.64. The zero-order valence-electron chi connectivity index (χ0n) is 11.3. The fourth-order valence-electron chi connectivity index (χ4n) is 2.84. The summed E-state index contributed by atoms with van der Waals surface area (Å²) in [7, 11) is -2.88. The Bertz CT molecular complexity index is 530. The molecule has 2 aliphatic rings. The molecule has 0 bridgehead atoms. The number of hydrogen-bond donors (Lipinski definition) is 1. The summed E-state index contributed by atoms with van der Waals surface area (Å²) in [5.74, 6) is 0.549. The Morgan fingerprint density at radius 2 is 2.00 bits per heavy atom. The third kappa shape index (κ3) is 4.94. The topological polar surface area (TPSA) is 62.3 Å². The highest BCUT2D eigenvalue weighted by Crippen LogP contribution is 2.22. The monoisotopic (exact) mass is 375 g/mol. The van der Waals surface area contributed by atoms with Crippen LogP contribution in [0.2, 0.25) is 0 Å². The molecule has 0 unspecified atom stereocenters. The van der Waals surface area contributed by atoms with Gasteiger partial charge in [-0.3, -0.25) is 9.88 Å². The molecule has 1 aromatic rings. The molecule has 21 heavy (non-hydrogen) atoms. The first-order valence-electron chi connectivity index (χ1n) is 6.22. The molecule has 0 aliphatic carbocycles. The maximum Gasteiger partial charge on any atom is 0.153 e. The van der Waals surface area contributed by atoms with Crippen LogP contribution in [0.25, 0.3) is 0 Å². The van der Waals surface area contributed by atoms with Gasteiger partial charge in [-0.05, 0) is 12.1 Å². The molecule has 2 atom stereocenters. The van der Waals surface area contributed by atoms with Crippen LogP contribution in [0.3, 0.4) is 0 Å². The molecule has 0 aromatic carbocycles. The van der Waals surface area contributed by atoms with E-state index in [1.54, 1.807) is 6.20 Å². The van der Waals surface area contributed by atoms with E-state index < -0.39 is 9.84 Å². The van der Waals surface area contributed by atoms with Crippen LogP contribution < -0.4 is 5.32 Å². The molecule has 9 heteroatoms. The van der Waals surface area contributed by atoms with Gasteiger partial charge >= 0.3 is 0 Å². The Morgan fingerprint density at radius 1 is 1.24 bits per heavy atom. The second-order valence-corrected chi connectivity index (χ2v) is 7.15. The van der Waals surface area contributed by atoms with Crippen LogP contribution in [0.1, 0.15) is 5.69 Å². The molecule has 0 saturated carbocycles. The van der Waals surface area contributed by atoms with Crippen LogP contribution >= 0.6 is 37.2 Å². The first kappa shape index (κ1) is 20.9. The van der Waals surface area contributed by atoms with Crippen LogP contribution in [0.5, 0.6) is 0 Å². The van der Waals surface area contributed by atoms with Crippen LogP contribution in [0.4, 0.5) is 0 Å². The molecule has 1 aromatic heterocycles. The molecule has 3 heterocycles. The lowest BCUT2D eigenvalue weighted by molar-refractivity contribution is 0.139. The number of nitrogens with zero attached hydrogens (tertiary/aromatic N) is 2. The van der Waals surface area contributed by atoms with E-state index in [0.717, 1.165) is 25.3 Å². The minimum atomic E-state index is -2.88. The standard InChI is InChI=1S/C12H17N3O2S.3ClH/c16-18(17)8-11-12(9-18)15(6-5-14-11)7-10-3-1-2-4-13-10;;;/h1-4,11-12,14H,5-9H2;3*1H/t11-,12+;;;/m0.../s1. The van der Waals surface area contributed by atoms with Crippen molar-refractivity contribution in [3.8, 4) is 0 Å². The predicted octanol–water partition coefficient (Wildman–Crippen LogP) is 0.918. The van der Waals surface area contributed by atoms with Crippen molar-refractivity contribution in [3.05, 3.63) is 30.1 Å². The maximum absolute atomic E-state index is 11.7. The van der Waals surface area contributed by atoms with E-state index >= 15 is 0 Å². The average molecular weight is 377 g/mol. The molecule has 122 valence electrons. The van der Waals surface area contributed by atoms with E-state index in [9.17, 15) is 8.42 Å². The third-order valence-corrected chi connectivity index (χ3v) is 5.40. The molecule has 2 fully saturated rings. The van der Waals surface area contributed by atoms with Gasteiger partial charge < -0.3 is 5.32 Å². The van der Waals surface area contributed by atoms with E-state index in [-0.39, 0.29) is 60.8 Å². The largest absolute Gasteiger partial charge is 0.310 e. The van der Waals surface area contributed by atoms with Gasteiger partial charge in [-0.25, -0.2) is 8.42 Å². The summed E-state index contributed by atoms with van der Waals surface area (Å²) in [5, 5.41) is 3.31. The minimum absolute atomic E-state index is 0. The Labute approximate surface area is 144 Å². The highest BCUT2D eigenvalue weighted by molar-refractivity contribution is 7.91. The van der Waals surface area contributed by atoms with Crippen molar-refractivity contribution in [1.82, 2.24) is 15.2 Å². The predicted molar refractivity (Wildman–Crippen MR) is 90.6 cm³/mol. The molecular weight excluding hydrogens is 357 g/mol. The molecule has 0 radical (unpaired) electrons. The lowest BCUT2D eigenvalue weighted by Crippen LogP contribution is -2.56. The molecule has 2 aliphatic heterocycles. The average Bonchev–Trinajstić information content (AvgIpc) is 2.66. The highest BCUT2D eigenvalue weighted by Gasteiger charge is 2.42. The van der Waals surface area contributed by atoms with E-state index in [2.05, 4.69) is 15.2 Å². The Hall–Kier alpha value is -0.110. The molecular formula is C12H20Cl3N3O2S. The second kappa shape index (κ2) is 8.50. The maximum atomic E-state index is 11.7. The van der Waals surface area contributed by atoms with E-state index in [1.807, 2.05) is 18.2 Å². The van der Waals surface area contributed by atoms with Gasteiger partial charge in [0.1, 0.15) is 0 Å². The smallest absolute Gasteiger partial charge is 0.153 e. The number of aromatic nitrogens is 1. The normalized spacial score (nSPS) is 26.7. The van der Waals surface area contributed by atoms with Crippen molar-refractivity contribution >= 4 is 47.1 Å². The molecule has 5 nitrogen and oxygen atoms in total.